The van der Waals surface area contributed by atoms with Crippen molar-refractivity contribution in [3.05, 3.63) is 53.6 Å². The van der Waals surface area contributed by atoms with E-state index in [4.69, 9.17) is 15.2 Å². The van der Waals surface area contributed by atoms with Crippen molar-refractivity contribution < 1.29 is 14.3 Å². The molecule has 0 aliphatic heterocycles. The van der Waals surface area contributed by atoms with Crippen molar-refractivity contribution in [2.24, 2.45) is 0 Å². The Morgan fingerprint density at radius 2 is 1.68 bits per heavy atom. The normalized spacial score (nSPS) is 10.0. The molecule has 2 N–H and O–H groups in total. The molecular weight excluding hydrogens is 242 g/mol. The highest BCUT2D eigenvalue weighted by atomic mass is 16.5. The zero-order chi connectivity index (χ0) is 13.8. The van der Waals surface area contributed by atoms with Gasteiger partial charge in [0.15, 0.2) is 0 Å². The standard InChI is InChI=1S/C15H15NO3/c1-10-9-13(7-8-14(10)16)19-15(17)11-3-5-12(18-2)6-4-11/h3-9H,16H2,1-2H3. The number of nitrogens with two attached hydrogens (primary N) is 1. The summed E-state index contributed by atoms with van der Waals surface area (Å²) in [4.78, 5) is 11.9. The molecule has 98 valence electrons. The minimum atomic E-state index is -0.410. The van der Waals surface area contributed by atoms with Crippen LogP contribution in [0.3, 0.4) is 0 Å². The summed E-state index contributed by atoms with van der Waals surface area (Å²) in [6.45, 7) is 1.86. The average Bonchev–Trinajstić information content (AvgIpc) is 2.43. The number of methoxy groups -OCH3 is 1. The second-order valence-electron chi connectivity index (χ2n) is 4.14. The highest BCUT2D eigenvalue weighted by Crippen LogP contribution is 2.20. The van der Waals surface area contributed by atoms with Crippen molar-refractivity contribution in [2.45, 2.75) is 6.92 Å². The number of carbonyl (C=O) groups is 1. The van der Waals surface area contributed by atoms with E-state index in [1.807, 2.05) is 6.92 Å². The lowest BCUT2D eigenvalue weighted by Gasteiger charge is -2.07. The first kappa shape index (κ1) is 13.0. The second-order valence-corrected chi connectivity index (χ2v) is 4.14. The number of rotatable bonds is 3. The summed E-state index contributed by atoms with van der Waals surface area (Å²) in [5.74, 6) is 0.763. The van der Waals surface area contributed by atoms with E-state index in [-0.39, 0.29) is 0 Å². The molecular formula is C15H15NO3. The fourth-order valence-corrected chi connectivity index (χ4v) is 1.60. The topological polar surface area (TPSA) is 61.5 Å². The maximum Gasteiger partial charge on any atom is 0.343 e. The van der Waals surface area contributed by atoms with Gasteiger partial charge in [-0.3, -0.25) is 0 Å². The lowest BCUT2D eigenvalue weighted by Crippen LogP contribution is -2.08. The maximum atomic E-state index is 11.9. The van der Waals surface area contributed by atoms with Crippen molar-refractivity contribution in [3.63, 3.8) is 0 Å². The van der Waals surface area contributed by atoms with Gasteiger partial charge in [0.1, 0.15) is 11.5 Å². The highest BCUT2D eigenvalue weighted by Gasteiger charge is 2.09. The summed E-state index contributed by atoms with van der Waals surface area (Å²) in [5.41, 5.74) is 7.72. The van der Waals surface area contributed by atoms with Gasteiger partial charge in [0.25, 0.3) is 0 Å². The van der Waals surface area contributed by atoms with Crippen LogP contribution in [0.25, 0.3) is 0 Å². The Bertz CT molecular complexity index is 591. The molecule has 0 atom stereocenters. The average molecular weight is 257 g/mol. The predicted molar refractivity (Wildman–Crippen MR) is 73.5 cm³/mol. The van der Waals surface area contributed by atoms with Crippen LogP contribution in [0, 0.1) is 6.92 Å². The zero-order valence-corrected chi connectivity index (χ0v) is 10.8. The van der Waals surface area contributed by atoms with E-state index >= 15 is 0 Å². The SMILES string of the molecule is COc1ccc(C(=O)Oc2ccc(N)c(C)c2)cc1. The maximum absolute atomic E-state index is 11.9. The Morgan fingerprint density at radius 1 is 1.05 bits per heavy atom. The lowest BCUT2D eigenvalue weighted by molar-refractivity contribution is 0.0734. The number of aryl methyl sites for hydroxylation is 1. The molecule has 2 rings (SSSR count). The molecule has 0 spiro atoms. The number of nitrogen functional groups attached to an aromatic ring is 1. The van der Waals surface area contributed by atoms with E-state index in [0.717, 1.165) is 5.56 Å². The van der Waals surface area contributed by atoms with Gasteiger partial charge in [-0.15, -0.1) is 0 Å². The third-order valence-electron chi connectivity index (χ3n) is 2.78. The van der Waals surface area contributed by atoms with E-state index in [0.29, 0.717) is 22.7 Å². The van der Waals surface area contributed by atoms with Crippen molar-refractivity contribution in [2.75, 3.05) is 12.8 Å². The van der Waals surface area contributed by atoms with Gasteiger partial charge in [0, 0.05) is 5.69 Å². The van der Waals surface area contributed by atoms with Gasteiger partial charge in [-0.1, -0.05) is 0 Å². The molecule has 0 aromatic heterocycles. The van der Waals surface area contributed by atoms with Crippen LogP contribution in [-0.2, 0) is 0 Å². The molecule has 0 fully saturated rings. The van der Waals surface area contributed by atoms with Crippen LogP contribution in [-0.4, -0.2) is 13.1 Å². The summed E-state index contributed by atoms with van der Waals surface area (Å²) in [5, 5.41) is 0. The summed E-state index contributed by atoms with van der Waals surface area (Å²) in [6, 6.07) is 11.9. The molecule has 2 aromatic rings. The highest BCUT2D eigenvalue weighted by molar-refractivity contribution is 5.91. The summed E-state index contributed by atoms with van der Waals surface area (Å²) >= 11 is 0. The van der Waals surface area contributed by atoms with E-state index in [1.54, 1.807) is 49.6 Å². The first-order valence-corrected chi connectivity index (χ1v) is 5.82. The molecule has 0 saturated carbocycles. The van der Waals surface area contributed by atoms with Crippen LogP contribution in [0.1, 0.15) is 15.9 Å². The minimum Gasteiger partial charge on any atom is -0.497 e. The smallest absolute Gasteiger partial charge is 0.343 e. The summed E-state index contributed by atoms with van der Waals surface area (Å²) in [6.07, 6.45) is 0. The number of ether oxygens (including phenoxy) is 2. The first-order chi connectivity index (χ1) is 9.10. The quantitative estimate of drug-likeness (QED) is 0.522. The molecule has 19 heavy (non-hydrogen) atoms. The van der Waals surface area contributed by atoms with E-state index in [1.165, 1.54) is 0 Å². The van der Waals surface area contributed by atoms with Gasteiger partial charge >= 0.3 is 5.97 Å². The third kappa shape index (κ3) is 3.04. The molecule has 2 aromatic carbocycles. The number of hydrogen-bond donors (Lipinski definition) is 1. The first-order valence-electron chi connectivity index (χ1n) is 5.82. The molecule has 0 unspecified atom stereocenters. The molecule has 0 bridgehead atoms. The molecule has 0 aliphatic rings. The molecule has 4 heteroatoms. The Hall–Kier alpha value is -2.49. The fraction of sp³-hybridized carbons (Fsp3) is 0.133. The number of hydrogen-bond acceptors (Lipinski definition) is 4. The molecule has 0 aliphatic carbocycles. The molecule has 0 radical (unpaired) electrons. The molecule has 0 amide bonds. The van der Waals surface area contributed by atoms with E-state index < -0.39 is 5.97 Å². The van der Waals surface area contributed by atoms with Gasteiger partial charge in [-0.25, -0.2) is 4.79 Å². The van der Waals surface area contributed by atoms with Crippen LogP contribution >= 0.6 is 0 Å². The lowest BCUT2D eigenvalue weighted by atomic mass is 10.2. The van der Waals surface area contributed by atoms with Crippen molar-refractivity contribution >= 4 is 11.7 Å². The van der Waals surface area contributed by atoms with Gasteiger partial charge in [-0.2, -0.15) is 0 Å². The number of carbonyl (C=O) groups excluding carboxylic acids is 1. The van der Waals surface area contributed by atoms with E-state index in [2.05, 4.69) is 0 Å². The van der Waals surface area contributed by atoms with Crippen molar-refractivity contribution in [1.82, 2.24) is 0 Å². The minimum absolute atomic E-state index is 0.410. The van der Waals surface area contributed by atoms with E-state index in [9.17, 15) is 4.79 Å². The monoisotopic (exact) mass is 257 g/mol. The Balaban J connectivity index is 2.13. The zero-order valence-electron chi connectivity index (χ0n) is 10.8. The number of anilines is 1. The molecule has 0 heterocycles. The molecule has 4 nitrogen and oxygen atoms in total. The van der Waals surface area contributed by atoms with Gasteiger partial charge < -0.3 is 15.2 Å². The summed E-state index contributed by atoms with van der Waals surface area (Å²) < 4.78 is 10.3. The van der Waals surface area contributed by atoms with Crippen LogP contribution < -0.4 is 15.2 Å². The van der Waals surface area contributed by atoms with Crippen LogP contribution in [0.2, 0.25) is 0 Å². The Kier molecular flexibility index (Phi) is 3.71. The van der Waals surface area contributed by atoms with Crippen molar-refractivity contribution in [3.8, 4) is 11.5 Å². The number of benzene rings is 2. The predicted octanol–water partition coefficient (Wildman–Crippen LogP) is 2.81. The second kappa shape index (κ2) is 5.44. The summed E-state index contributed by atoms with van der Waals surface area (Å²) in [7, 11) is 1.57. The largest absolute Gasteiger partial charge is 0.497 e. The van der Waals surface area contributed by atoms with Crippen LogP contribution in [0.4, 0.5) is 5.69 Å². The Morgan fingerprint density at radius 3 is 2.26 bits per heavy atom. The van der Waals surface area contributed by atoms with Gasteiger partial charge in [0.2, 0.25) is 0 Å². The van der Waals surface area contributed by atoms with Crippen LogP contribution in [0.5, 0.6) is 11.5 Å². The number of esters is 1. The fourth-order valence-electron chi connectivity index (χ4n) is 1.60. The van der Waals surface area contributed by atoms with Crippen LogP contribution in [0.15, 0.2) is 42.5 Å². The van der Waals surface area contributed by atoms with Crippen molar-refractivity contribution in [1.29, 1.82) is 0 Å². The third-order valence-corrected chi connectivity index (χ3v) is 2.78. The van der Waals surface area contributed by atoms with Gasteiger partial charge in [-0.05, 0) is 55.0 Å². The Labute approximate surface area is 111 Å². The molecule has 0 saturated heterocycles. The van der Waals surface area contributed by atoms with Gasteiger partial charge in [0.05, 0.1) is 12.7 Å².